The van der Waals surface area contributed by atoms with Crippen molar-refractivity contribution in [2.24, 2.45) is 45.8 Å². The second-order valence-electron chi connectivity index (χ2n) is 12.5. The van der Waals surface area contributed by atoms with Gasteiger partial charge >= 0.3 is 0 Å². The van der Waals surface area contributed by atoms with Gasteiger partial charge in [0.05, 0.1) is 12.2 Å². The molecule has 164 valence electrons. The summed E-state index contributed by atoms with van der Waals surface area (Å²) in [5.41, 5.74) is 2.96. The van der Waals surface area contributed by atoms with Gasteiger partial charge in [0, 0.05) is 12.5 Å². The largest absolute Gasteiger partial charge is 0.389 e. The summed E-state index contributed by atoms with van der Waals surface area (Å²) in [6.45, 7) is 9.71. The van der Waals surface area contributed by atoms with Crippen LogP contribution in [0.25, 0.3) is 0 Å². The third-order valence-electron chi connectivity index (χ3n) is 11.1. The first kappa shape index (κ1) is 20.6. The minimum absolute atomic E-state index is 0.249. The van der Waals surface area contributed by atoms with Crippen LogP contribution < -0.4 is 0 Å². The van der Waals surface area contributed by atoms with Crippen LogP contribution in [0.5, 0.6) is 0 Å². The zero-order valence-electron chi connectivity index (χ0n) is 19.5. The molecule has 0 radical (unpaired) electrons. The monoisotopic (exact) mass is 400 g/mol. The Morgan fingerprint density at radius 1 is 1.10 bits per heavy atom. The molecular weight excluding hydrogens is 356 g/mol. The summed E-state index contributed by atoms with van der Waals surface area (Å²) in [5.74, 6) is 4.16. The number of fused-ring (bicyclic) bond motifs is 4. The van der Waals surface area contributed by atoms with Gasteiger partial charge in [-0.25, -0.2) is 0 Å². The van der Waals surface area contributed by atoms with Crippen molar-refractivity contribution in [1.82, 2.24) is 0 Å². The average molecular weight is 401 g/mol. The van der Waals surface area contributed by atoms with Crippen molar-refractivity contribution in [3.63, 3.8) is 0 Å². The predicted octanol–water partition coefficient (Wildman–Crippen LogP) is 6.38. The van der Waals surface area contributed by atoms with E-state index in [1.165, 1.54) is 51.4 Å². The topological polar surface area (TPSA) is 29.5 Å². The molecule has 5 saturated carbocycles. The molecule has 0 aromatic heterocycles. The van der Waals surface area contributed by atoms with Gasteiger partial charge in [-0.3, -0.25) is 0 Å². The molecule has 0 aliphatic heterocycles. The number of aliphatic hydroxyl groups excluding tert-OH is 1. The Balaban J connectivity index is 1.39. The van der Waals surface area contributed by atoms with Gasteiger partial charge in [-0.15, -0.1) is 0 Å². The number of allylic oxidation sites excluding steroid dienone is 1. The third-order valence-corrected chi connectivity index (χ3v) is 11.1. The fourth-order valence-electron chi connectivity index (χ4n) is 9.52. The third kappa shape index (κ3) is 2.73. The lowest BCUT2D eigenvalue weighted by atomic mass is 9.46. The molecule has 0 bridgehead atoms. The molecule has 0 saturated heterocycles. The smallest absolute Gasteiger partial charge is 0.0723 e. The summed E-state index contributed by atoms with van der Waals surface area (Å²) in [7, 11) is 1.99. The normalized spacial score (nSPS) is 52.8. The van der Waals surface area contributed by atoms with Gasteiger partial charge in [0.15, 0.2) is 0 Å². The van der Waals surface area contributed by atoms with Crippen molar-refractivity contribution in [2.75, 3.05) is 7.11 Å². The van der Waals surface area contributed by atoms with Crippen LogP contribution in [-0.4, -0.2) is 24.4 Å². The predicted molar refractivity (Wildman–Crippen MR) is 119 cm³/mol. The van der Waals surface area contributed by atoms with E-state index >= 15 is 0 Å². The van der Waals surface area contributed by atoms with Crippen LogP contribution in [0.15, 0.2) is 11.6 Å². The maximum absolute atomic E-state index is 10.7. The van der Waals surface area contributed by atoms with Crippen molar-refractivity contribution in [3.8, 4) is 0 Å². The van der Waals surface area contributed by atoms with E-state index in [1.54, 1.807) is 5.57 Å². The molecule has 1 N–H and O–H groups in total. The molecule has 5 rings (SSSR count). The molecule has 0 heterocycles. The Morgan fingerprint density at radius 2 is 1.90 bits per heavy atom. The summed E-state index contributed by atoms with van der Waals surface area (Å²) >= 11 is 0. The Hall–Kier alpha value is -0.340. The number of aliphatic hydroxyl groups is 1. The van der Waals surface area contributed by atoms with Crippen molar-refractivity contribution in [3.05, 3.63) is 11.6 Å². The van der Waals surface area contributed by atoms with Gasteiger partial charge < -0.3 is 9.84 Å². The van der Waals surface area contributed by atoms with E-state index in [9.17, 15) is 5.11 Å². The molecule has 5 fully saturated rings. The van der Waals surface area contributed by atoms with Crippen LogP contribution >= 0.6 is 0 Å². The fourth-order valence-corrected chi connectivity index (χ4v) is 9.52. The summed E-state index contributed by atoms with van der Waals surface area (Å²) in [6, 6.07) is 0. The molecule has 9 atom stereocenters. The zero-order chi connectivity index (χ0) is 20.6. The van der Waals surface area contributed by atoms with Crippen LogP contribution in [0.2, 0.25) is 0 Å². The van der Waals surface area contributed by atoms with Gasteiger partial charge in [0.25, 0.3) is 0 Å². The summed E-state index contributed by atoms with van der Waals surface area (Å²) in [4.78, 5) is 0. The van der Waals surface area contributed by atoms with E-state index in [2.05, 4.69) is 33.8 Å². The Kier molecular flexibility index (Phi) is 4.84. The Bertz CT molecular complexity index is 682. The highest BCUT2D eigenvalue weighted by atomic mass is 16.5. The van der Waals surface area contributed by atoms with E-state index in [1.807, 2.05) is 7.11 Å². The maximum atomic E-state index is 10.7. The zero-order valence-corrected chi connectivity index (χ0v) is 19.5. The quantitative estimate of drug-likeness (QED) is 0.543. The molecule has 0 aromatic rings. The summed E-state index contributed by atoms with van der Waals surface area (Å²) in [5, 5.41) is 10.7. The number of methoxy groups -OCH3 is 1. The molecular formula is C27H44O2. The highest BCUT2D eigenvalue weighted by Crippen LogP contribution is 2.82. The van der Waals surface area contributed by atoms with E-state index in [-0.39, 0.29) is 6.10 Å². The second-order valence-corrected chi connectivity index (χ2v) is 12.5. The van der Waals surface area contributed by atoms with E-state index < -0.39 is 0 Å². The van der Waals surface area contributed by atoms with Crippen LogP contribution in [-0.2, 0) is 4.74 Å². The van der Waals surface area contributed by atoms with Crippen molar-refractivity contribution in [1.29, 1.82) is 0 Å². The lowest BCUT2D eigenvalue weighted by molar-refractivity contribution is -0.152. The number of ether oxygens (including phenoxy) is 1. The van der Waals surface area contributed by atoms with E-state index in [4.69, 9.17) is 4.74 Å². The lowest BCUT2D eigenvalue weighted by Crippen LogP contribution is -2.56. The van der Waals surface area contributed by atoms with Crippen molar-refractivity contribution >= 4 is 0 Å². The molecule has 1 spiro atoms. The standard InChI is InChI=1S/C27H44O2/c1-17(2)6-8-20(28)14-18-7-9-22-21-15-24(29-5)27-16-19(27)10-13-26(27,4)23(21)11-12-25(18,22)3/h14,17,19-24,28H,6-13,15-16H2,1-5H3/b18-14+/t19-,20+,21+,22+,23+,24-,25-,26-,27+/m1/s1. The van der Waals surface area contributed by atoms with Crippen molar-refractivity contribution in [2.45, 2.75) is 104 Å². The average Bonchev–Trinajstić information content (AvgIpc) is 3.21. The fraction of sp³-hybridized carbons (Fsp3) is 0.926. The Morgan fingerprint density at radius 3 is 2.59 bits per heavy atom. The minimum atomic E-state index is -0.249. The summed E-state index contributed by atoms with van der Waals surface area (Å²) in [6.07, 6.45) is 15.5. The van der Waals surface area contributed by atoms with Gasteiger partial charge in [-0.1, -0.05) is 39.3 Å². The number of hydrogen-bond donors (Lipinski definition) is 1. The van der Waals surface area contributed by atoms with Gasteiger partial charge in [-0.2, -0.15) is 0 Å². The highest BCUT2D eigenvalue weighted by Gasteiger charge is 2.77. The highest BCUT2D eigenvalue weighted by molar-refractivity contribution is 5.29. The molecule has 0 aromatic carbocycles. The molecule has 0 amide bonds. The van der Waals surface area contributed by atoms with Gasteiger partial charge in [0.1, 0.15) is 0 Å². The molecule has 29 heavy (non-hydrogen) atoms. The summed E-state index contributed by atoms with van der Waals surface area (Å²) < 4.78 is 6.24. The molecule has 5 aliphatic carbocycles. The Labute approximate surface area is 178 Å². The van der Waals surface area contributed by atoms with Gasteiger partial charge in [-0.05, 0) is 105 Å². The van der Waals surface area contributed by atoms with Gasteiger partial charge in [0.2, 0.25) is 0 Å². The first-order chi connectivity index (χ1) is 13.8. The maximum Gasteiger partial charge on any atom is 0.0723 e. The molecule has 5 aliphatic rings. The van der Waals surface area contributed by atoms with E-state index in [0.29, 0.717) is 28.3 Å². The first-order valence-electron chi connectivity index (χ1n) is 12.7. The molecule has 2 heteroatoms. The number of rotatable bonds is 5. The van der Waals surface area contributed by atoms with Crippen molar-refractivity contribution < 1.29 is 9.84 Å². The molecule has 0 unspecified atom stereocenters. The number of hydrogen-bond acceptors (Lipinski definition) is 2. The minimum Gasteiger partial charge on any atom is -0.389 e. The first-order valence-corrected chi connectivity index (χ1v) is 12.7. The van der Waals surface area contributed by atoms with Crippen LogP contribution in [0.3, 0.4) is 0 Å². The second kappa shape index (κ2) is 6.83. The molecule has 2 nitrogen and oxygen atoms in total. The lowest BCUT2D eigenvalue weighted by Gasteiger charge is -2.60. The van der Waals surface area contributed by atoms with Crippen LogP contribution in [0, 0.1) is 45.8 Å². The van der Waals surface area contributed by atoms with Crippen LogP contribution in [0.4, 0.5) is 0 Å². The van der Waals surface area contributed by atoms with E-state index in [0.717, 1.165) is 36.5 Å². The SMILES string of the molecule is CO[C@@H]1C[C@H]2[C@@H]3CC/C(=C\[C@@H](O)CCC(C)C)[C@@]3(C)CC[C@@H]2[C@@]2(C)CC[C@@H]3C[C@]312. The van der Waals surface area contributed by atoms with Crippen LogP contribution in [0.1, 0.15) is 91.9 Å².